The van der Waals surface area contributed by atoms with Crippen LogP contribution < -0.4 is 0 Å². The summed E-state index contributed by atoms with van der Waals surface area (Å²) in [6, 6.07) is 10.2. The van der Waals surface area contributed by atoms with E-state index in [2.05, 4.69) is 100 Å². The number of rotatable bonds is 5. The van der Waals surface area contributed by atoms with E-state index in [0.717, 1.165) is 12.5 Å². The summed E-state index contributed by atoms with van der Waals surface area (Å²) in [5.41, 5.74) is 9.41. The molecule has 2 nitrogen and oxygen atoms in total. The van der Waals surface area contributed by atoms with Crippen molar-refractivity contribution in [3.05, 3.63) is 64.6 Å². The van der Waals surface area contributed by atoms with Crippen molar-refractivity contribution in [2.24, 2.45) is 0 Å². The monoisotopic (exact) mass is 428 g/mol. The summed E-state index contributed by atoms with van der Waals surface area (Å²) in [5.74, 6) is 0. The summed E-state index contributed by atoms with van der Waals surface area (Å²) in [6.07, 6.45) is 13.7. The highest BCUT2D eigenvalue weighted by Crippen LogP contribution is 2.45. The second-order valence-corrected chi connectivity index (χ2v) is 12.2. The van der Waals surface area contributed by atoms with Crippen molar-refractivity contribution < 1.29 is 0 Å². The number of aromatic nitrogens is 2. The van der Waals surface area contributed by atoms with Crippen LogP contribution in [0.5, 0.6) is 0 Å². The van der Waals surface area contributed by atoms with Crippen molar-refractivity contribution >= 4 is 17.0 Å². The largest absolute Gasteiger partial charge is 0.347 e. The predicted octanol–water partition coefficient (Wildman–Crippen LogP) is 8.35. The molecule has 0 radical (unpaired) electrons. The van der Waals surface area contributed by atoms with Gasteiger partial charge in [0, 0.05) is 41.1 Å². The van der Waals surface area contributed by atoms with E-state index >= 15 is 0 Å². The Labute approximate surface area is 194 Å². The first-order valence-electron chi connectivity index (χ1n) is 12.6. The van der Waals surface area contributed by atoms with Gasteiger partial charge in [-0.05, 0) is 79.5 Å². The number of hydrogen-bond acceptors (Lipinski definition) is 0. The number of hydrogen-bond donors (Lipinski definition) is 0. The Morgan fingerprint density at radius 1 is 0.938 bits per heavy atom. The lowest BCUT2D eigenvalue weighted by molar-refractivity contribution is 0.508. The van der Waals surface area contributed by atoms with E-state index < -0.39 is 0 Å². The Kier molecular flexibility index (Phi) is 5.00. The topological polar surface area (TPSA) is 9.86 Å². The fourth-order valence-electron chi connectivity index (χ4n) is 5.81. The van der Waals surface area contributed by atoms with Crippen LogP contribution in [-0.4, -0.2) is 9.13 Å². The van der Waals surface area contributed by atoms with Gasteiger partial charge in [0.1, 0.15) is 0 Å². The number of allylic oxidation sites excluding steroid dienone is 1. The summed E-state index contributed by atoms with van der Waals surface area (Å²) in [5, 5.41) is 1.42. The molecule has 0 amide bonds. The summed E-state index contributed by atoms with van der Waals surface area (Å²) in [4.78, 5) is 0. The zero-order valence-electron chi connectivity index (χ0n) is 21.1. The third-order valence-corrected chi connectivity index (χ3v) is 7.66. The smallest absolute Gasteiger partial charge is 0.0485 e. The van der Waals surface area contributed by atoms with E-state index in [1.807, 2.05) is 0 Å². The third-order valence-electron chi connectivity index (χ3n) is 7.66. The molecular formula is C30H40N2. The summed E-state index contributed by atoms with van der Waals surface area (Å²) < 4.78 is 5.08. The fourth-order valence-corrected chi connectivity index (χ4v) is 5.81. The van der Waals surface area contributed by atoms with Gasteiger partial charge in [-0.25, -0.2) is 0 Å². The fraction of sp³-hybridized carbons (Fsp3) is 0.533. The predicted molar refractivity (Wildman–Crippen MR) is 138 cm³/mol. The van der Waals surface area contributed by atoms with Gasteiger partial charge >= 0.3 is 0 Å². The first kappa shape index (κ1) is 21.6. The number of benzene rings is 1. The van der Waals surface area contributed by atoms with Gasteiger partial charge in [0.15, 0.2) is 0 Å². The van der Waals surface area contributed by atoms with Crippen LogP contribution in [0.4, 0.5) is 0 Å². The van der Waals surface area contributed by atoms with E-state index in [-0.39, 0.29) is 10.8 Å². The summed E-state index contributed by atoms with van der Waals surface area (Å²) in [7, 11) is 0. The lowest BCUT2D eigenvalue weighted by Crippen LogP contribution is -2.19. The molecule has 0 N–H and O–H groups in total. The molecule has 1 aromatic carbocycles. The van der Waals surface area contributed by atoms with Gasteiger partial charge in [0.2, 0.25) is 0 Å². The van der Waals surface area contributed by atoms with Crippen LogP contribution in [0, 0.1) is 0 Å². The molecule has 1 saturated carbocycles. The molecule has 32 heavy (non-hydrogen) atoms. The Bertz CT molecular complexity index is 1190. The molecular weight excluding hydrogens is 388 g/mol. The van der Waals surface area contributed by atoms with Gasteiger partial charge in [0.05, 0.1) is 0 Å². The molecule has 0 aliphatic heterocycles. The van der Waals surface area contributed by atoms with Crippen molar-refractivity contribution in [3.8, 4) is 0 Å². The molecule has 2 aromatic heterocycles. The molecule has 0 saturated heterocycles. The molecule has 2 aliphatic rings. The van der Waals surface area contributed by atoms with Crippen LogP contribution in [0.25, 0.3) is 17.0 Å². The van der Waals surface area contributed by atoms with Crippen LogP contribution in [-0.2, 0) is 17.3 Å². The average Bonchev–Trinajstić information content (AvgIpc) is 3.35. The molecule has 2 aliphatic carbocycles. The zero-order chi connectivity index (χ0) is 22.8. The Morgan fingerprint density at radius 3 is 2.31 bits per heavy atom. The van der Waals surface area contributed by atoms with Gasteiger partial charge in [0.25, 0.3) is 0 Å². The number of para-hydroxylation sites is 1. The van der Waals surface area contributed by atoms with Crippen molar-refractivity contribution in [2.45, 2.75) is 103 Å². The molecule has 0 spiro atoms. The molecule has 0 bridgehead atoms. The second-order valence-electron chi connectivity index (χ2n) is 12.2. The number of fused-ring (bicyclic) bond motifs is 2. The van der Waals surface area contributed by atoms with E-state index in [1.165, 1.54) is 53.3 Å². The van der Waals surface area contributed by atoms with Crippen LogP contribution in [0.3, 0.4) is 0 Å². The van der Waals surface area contributed by atoms with Crippen molar-refractivity contribution in [3.63, 3.8) is 0 Å². The highest BCUT2D eigenvalue weighted by Gasteiger charge is 2.33. The molecule has 0 atom stereocenters. The first-order chi connectivity index (χ1) is 15.1. The lowest BCUT2D eigenvalue weighted by atomic mass is 9.76. The standard InChI is InChI=1S/C30H40N2/c1-20(2)31-19-26(23-10-8-9-11-27(23)31)30(6,7)17-21-12-15-28-24(16-21)25(29(3,4)5)18-32(28)22-13-14-22/h8-11,16,18-20,22H,12-15,17H2,1-7H3. The molecule has 170 valence electrons. The van der Waals surface area contributed by atoms with Crippen molar-refractivity contribution in [1.29, 1.82) is 0 Å². The first-order valence-corrected chi connectivity index (χ1v) is 12.6. The maximum atomic E-state index is 2.63. The number of nitrogens with zero attached hydrogens (tertiary/aromatic N) is 2. The van der Waals surface area contributed by atoms with Gasteiger partial charge in [-0.15, -0.1) is 0 Å². The molecule has 2 heteroatoms. The van der Waals surface area contributed by atoms with Crippen molar-refractivity contribution in [2.75, 3.05) is 0 Å². The minimum absolute atomic E-state index is 0.101. The van der Waals surface area contributed by atoms with Crippen LogP contribution >= 0.6 is 0 Å². The van der Waals surface area contributed by atoms with Crippen molar-refractivity contribution in [1.82, 2.24) is 9.13 Å². The Balaban J connectivity index is 1.53. The van der Waals surface area contributed by atoms with E-state index in [1.54, 1.807) is 11.3 Å². The molecule has 3 aromatic rings. The Hall–Kier alpha value is -2.22. The molecule has 0 unspecified atom stereocenters. The normalized spacial score (nSPS) is 17.2. The maximum Gasteiger partial charge on any atom is 0.0485 e. The maximum absolute atomic E-state index is 2.63. The van der Waals surface area contributed by atoms with Gasteiger partial charge in [-0.2, -0.15) is 0 Å². The lowest BCUT2D eigenvalue weighted by Gasteiger charge is -2.29. The van der Waals surface area contributed by atoms with Crippen LogP contribution in [0.15, 0.2) is 42.2 Å². The van der Waals surface area contributed by atoms with Gasteiger partial charge < -0.3 is 9.13 Å². The SMILES string of the molecule is CC(C)n1cc(C(C)(C)CC2=Cc3c(C(C)(C)C)cn(C4CC4)c3CC2)c2ccccc21. The summed E-state index contributed by atoms with van der Waals surface area (Å²) >= 11 is 0. The molecule has 2 heterocycles. The van der Waals surface area contributed by atoms with Gasteiger partial charge in [-0.1, -0.05) is 64.5 Å². The van der Waals surface area contributed by atoms with E-state index in [0.29, 0.717) is 6.04 Å². The minimum Gasteiger partial charge on any atom is -0.347 e. The average molecular weight is 429 g/mol. The van der Waals surface area contributed by atoms with E-state index in [4.69, 9.17) is 0 Å². The third kappa shape index (κ3) is 3.66. The van der Waals surface area contributed by atoms with E-state index in [9.17, 15) is 0 Å². The van der Waals surface area contributed by atoms with Crippen LogP contribution in [0.1, 0.15) is 109 Å². The Morgan fingerprint density at radius 2 is 1.66 bits per heavy atom. The highest BCUT2D eigenvalue weighted by atomic mass is 15.0. The molecule has 1 fully saturated rings. The zero-order valence-corrected chi connectivity index (χ0v) is 21.1. The second kappa shape index (κ2) is 7.40. The minimum atomic E-state index is 0.101. The molecule has 5 rings (SSSR count). The van der Waals surface area contributed by atoms with Gasteiger partial charge in [-0.3, -0.25) is 0 Å². The quantitative estimate of drug-likeness (QED) is 0.386. The highest BCUT2D eigenvalue weighted by molar-refractivity contribution is 5.85. The summed E-state index contributed by atoms with van der Waals surface area (Å²) in [6.45, 7) is 16.6. The van der Waals surface area contributed by atoms with Crippen LogP contribution in [0.2, 0.25) is 0 Å².